The monoisotopic (exact) mass is 469 g/mol. The average Bonchev–Trinajstić information content (AvgIpc) is 2.74. The molecule has 0 spiro atoms. The minimum atomic E-state index is -4.44. The first kappa shape index (κ1) is 23.9. The van der Waals surface area contributed by atoms with Crippen LogP contribution in [0.15, 0.2) is 42.5 Å². The van der Waals surface area contributed by atoms with Crippen LogP contribution in [0.5, 0.6) is 5.75 Å². The Labute approximate surface area is 188 Å². The van der Waals surface area contributed by atoms with Crippen LogP contribution in [-0.4, -0.2) is 49.5 Å². The Morgan fingerprint density at radius 3 is 2.66 bits per heavy atom. The largest absolute Gasteiger partial charge is 0.491 e. The summed E-state index contributed by atoms with van der Waals surface area (Å²) in [7, 11) is 0. The van der Waals surface area contributed by atoms with E-state index in [2.05, 4.69) is 10.6 Å². The number of halogens is 4. The highest BCUT2D eigenvalue weighted by Gasteiger charge is 2.30. The van der Waals surface area contributed by atoms with E-state index in [1.165, 1.54) is 12.1 Å². The van der Waals surface area contributed by atoms with Crippen molar-refractivity contribution in [3.8, 4) is 5.75 Å². The molecule has 0 fully saturated rings. The van der Waals surface area contributed by atoms with E-state index in [1.54, 1.807) is 23.1 Å². The Kier molecular flexibility index (Phi) is 7.98. The van der Waals surface area contributed by atoms with Gasteiger partial charge >= 0.3 is 6.18 Å². The van der Waals surface area contributed by atoms with E-state index < -0.39 is 11.7 Å². The molecule has 0 saturated heterocycles. The fraction of sp³-hybridized carbons (Fsp3) is 0.364. The molecule has 2 amide bonds. The van der Waals surface area contributed by atoms with Crippen LogP contribution in [0.25, 0.3) is 0 Å². The van der Waals surface area contributed by atoms with E-state index in [0.29, 0.717) is 41.4 Å². The van der Waals surface area contributed by atoms with Gasteiger partial charge in [0.25, 0.3) is 5.91 Å². The molecule has 6 nitrogen and oxygen atoms in total. The first-order valence-electron chi connectivity index (χ1n) is 10.1. The zero-order valence-corrected chi connectivity index (χ0v) is 17.9. The predicted octanol–water partition coefficient (Wildman–Crippen LogP) is 3.49. The first-order valence-corrected chi connectivity index (χ1v) is 10.5. The zero-order valence-electron chi connectivity index (χ0n) is 17.2. The lowest BCUT2D eigenvalue weighted by Crippen LogP contribution is -2.40. The number of hydrogen-bond acceptors (Lipinski definition) is 4. The minimum absolute atomic E-state index is 0.0103. The molecule has 0 atom stereocenters. The van der Waals surface area contributed by atoms with Crippen LogP contribution in [0.3, 0.4) is 0 Å². The van der Waals surface area contributed by atoms with Gasteiger partial charge < -0.3 is 15.4 Å². The van der Waals surface area contributed by atoms with Gasteiger partial charge in [-0.1, -0.05) is 29.8 Å². The summed E-state index contributed by atoms with van der Waals surface area (Å²) in [4.78, 5) is 26.6. The zero-order chi connectivity index (χ0) is 23.1. The molecule has 1 heterocycles. The summed E-state index contributed by atoms with van der Waals surface area (Å²) in [5, 5.41) is 5.91. The highest BCUT2D eigenvalue weighted by atomic mass is 35.5. The highest BCUT2D eigenvalue weighted by Crippen LogP contribution is 2.29. The number of rotatable bonds is 2. The summed E-state index contributed by atoms with van der Waals surface area (Å²) in [5.41, 5.74) is 0.00895. The van der Waals surface area contributed by atoms with Gasteiger partial charge in [0.1, 0.15) is 12.4 Å². The standard InChI is InChI=1S/C22H23ClF3N3O3/c23-17-5-6-19-18(12-17)21(31)28-7-2-9-29(14-20(30)27-8-10-32-19)13-15-3-1-4-16(11-15)22(24,25)26/h1,3-6,11-12H,2,7-10,13-14H2,(H,27,30)(H,28,31). The molecule has 0 aromatic heterocycles. The van der Waals surface area contributed by atoms with E-state index in [4.69, 9.17) is 16.3 Å². The maximum Gasteiger partial charge on any atom is 0.416 e. The normalized spacial score (nSPS) is 16.9. The van der Waals surface area contributed by atoms with Crippen LogP contribution in [0.1, 0.15) is 27.9 Å². The van der Waals surface area contributed by atoms with Crippen molar-refractivity contribution in [2.75, 3.05) is 32.8 Å². The van der Waals surface area contributed by atoms with Crippen molar-refractivity contribution in [2.24, 2.45) is 0 Å². The van der Waals surface area contributed by atoms with Crippen molar-refractivity contribution < 1.29 is 27.5 Å². The molecule has 0 unspecified atom stereocenters. The molecule has 172 valence electrons. The van der Waals surface area contributed by atoms with Gasteiger partial charge in [-0.2, -0.15) is 13.2 Å². The van der Waals surface area contributed by atoms with Crippen molar-refractivity contribution in [3.05, 3.63) is 64.2 Å². The Morgan fingerprint density at radius 2 is 1.88 bits per heavy atom. The third-order valence-corrected chi connectivity index (χ3v) is 5.07. The molecule has 0 radical (unpaired) electrons. The first-order chi connectivity index (χ1) is 15.2. The van der Waals surface area contributed by atoms with Crippen LogP contribution in [0.2, 0.25) is 5.02 Å². The second kappa shape index (κ2) is 10.7. The quantitative estimate of drug-likeness (QED) is 0.706. The van der Waals surface area contributed by atoms with Crippen molar-refractivity contribution >= 4 is 23.4 Å². The van der Waals surface area contributed by atoms with Gasteiger partial charge in [-0.15, -0.1) is 0 Å². The highest BCUT2D eigenvalue weighted by molar-refractivity contribution is 6.31. The van der Waals surface area contributed by atoms with Crippen LogP contribution in [-0.2, 0) is 17.5 Å². The van der Waals surface area contributed by atoms with Crippen molar-refractivity contribution in [2.45, 2.75) is 19.1 Å². The minimum Gasteiger partial charge on any atom is -0.491 e. The molecule has 0 aliphatic carbocycles. The number of fused-ring (bicyclic) bond motifs is 1. The lowest BCUT2D eigenvalue weighted by Gasteiger charge is -2.23. The summed E-state index contributed by atoms with van der Waals surface area (Å²) < 4.78 is 44.7. The van der Waals surface area contributed by atoms with Gasteiger partial charge in [-0.3, -0.25) is 14.5 Å². The Hall–Kier alpha value is -2.78. The van der Waals surface area contributed by atoms with Crippen molar-refractivity contribution in [3.63, 3.8) is 0 Å². The van der Waals surface area contributed by atoms with E-state index in [-0.39, 0.29) is 38.1 Å². The average molecular weight is 470 g/mol. The summed E-state index contributed by atoms with van der Waals surface area (Å²) in [5.74, 6) is -0.240. The van der Waals surface area contributed by atoms with Crippen LogP contribution in [0.4, 0.5) is 13.2 Å². The van der Waals surface area contributed by atoms with Crippen LogP contribution >= 0.6 is 11.6 Å². The topological polar surface area (TPSA) is 70.7 Å². The third-order valence-electron chi connectivity index (χ3n) is 4.83. The van der Waals surface area contributed by atoms with Crippen LogP contribution < -0.4 is 15.4 Å². The Bertz CT molecular complexity index is 969. The van der Waals surface area contributed by atoms with Gasteiger partial charge in [0.05, 0.1) is 24.2 Å². The Morgan fingerprint density at radius 1 is 1.06 bits per heavy atom. The van der Waals surface area contributed by atoms with Gasteiger partial charge in [-0.25, -0.2) is 0 Å². The van der Waals surface area contributed by atoms with E-state index in [9.17, 15) is 22.8 Å². The summed E-state index contributed by atoms with van der Waals surface area (Å²) in [6.07, 6.45) is -3.94. The molecular weight excluding hydrogens is 447 g/mol. The van der Waals surface area contributed by atoms with E-state index >= 15 is 0 Å². The van der Waals surface area contributed by atoms with Gasteiger partial charge in [-0.05, 0) is 36.2 Å². The SMILES string of the molecule is O=C1CN(Cc2cccc(C(F)(F)F)c2)CCCNC(=O)c2cc(Cl)ccc2OCCN1. The molecular formula is C22H23ClF3N3O3. The molecule has 32 heavy (non-hydrogen) atoms. The number of ether oxygens (including phenoxy) is 1. The maximum atomic E-state index is 13.0. The van der Waals surface area contributed by atoms with E-state index in [1.807, 2.05) is 0 Å². The molecule has 0 bridgehead atoms. The molecule has 1 aliphatic rings. The lowest BCUT2D eigenvalue weighted by atomic mass is 10.1. The molecule has 3 rings (SSSR count). The Balaban J connectivity index is 1.71. The molecule has 2 aromatic rings. The molecule has 10 heteroatoms. The second-order valence-electron chi connectivity index (χ2n) is 7.36. The molecule has 2 aromatic carbocycles. The predicted molar refractivity (Wildman–Crippen MR) is 114 cm³/mol. The number of benzene rings is 2. The summed E-state index contributed by atoms with van der Waals surface area (Å²) in [6, 6.07) is 9.76. The second-order valence-corrected chi connectivity index (χ2v) is 7.79. The number of carbonyl (C=O) groups is 2. The molecule has 1 aliphatic heterocycles. The number of nitrogens with one attached hydrogen (secondary N) is 2. The molecule has 2 N–H and O–H groups in total. The number of alkyl halides is 3. The fourth-order valence-electron chi connectivity index (χ4n) is 3.33. The van der Waals surface area contributed by atoms with Gasteiger partial charge in [0, 0.05) is 24.7 Å². The number of carbonyl (C=O) groups excluding carboxylic acids is 2. The van der Waals surface area contributed by atoms with Gasteiger partial charge in [0.2, 0.25) is 5.91 Å². The maximum absolute atomic E-state index is 13.0. The summed E-state index contributed by atoms with van der Waals surface area (Å²) >= 11 is 6.00. The lowest BCUT2D eigenvalue weighted by molar-refractivity contribution is -0.137. The van der Waals surface area contributed by atoms with Crippen molar-refractivity contribution in [1.29, 1.82) is 0 Å². The van der Waals surface area contributed by atoms with Crippen molar-refractivity contribution in [1.82, 2.24) is 15.5 Å². The fourth-order valence-corrected chi connectivity index (χ4v) is 3.51. The third kappa shape index (κ3) is 6.86. The van der Waals surface area contributed by atoms with Crippen LogP contribution in [0, 0.1) is 0 Å². The smallest absolute Gasteiger partial charge is 0.416 e. The van der Waals surface area contributed by atoms with Gasteiger partial charge in [0.15, 0.2) is 0 Å². The number of hydrogen-bond donors (Lipinski definition) is 2. The number of amides is 2. The number of nitrogens with zero attached hydrogens (tertiary/aromatic N) is 1. The molecule has 0 saturated carbocycles. The van der Waals surface area contributed by atoms with E-state index in [0.717, 1.165) is 12.1 Å². The summed E-state index contributed by atoms with van der Waals surface area (Å²) in [6.45, 7) is 1.24.